The number of anilines is 1. The summed E-state index contributed by atoms with van der Waals surface area (Å²) < 4.78 is 16.3. The van der Waals surface area contributed by atoms with Gasteiger partial charge in [0.1, 0.15) is 5.82 Å². The van der Waals surface area contributed by atoms with E-state index in [1.807, 2.05) is 30.4 Å². The highest BCUT2D eigenvalue weighted by molar-refractivity contribution is 5.94. The van der Waals surface area contributed by atoms with Gasteiger partial charge in [0.2, 0.25) is 0 Å². The Morgan fingerprint density at radius 2 is 2.00 bits per heavy atom. The molecule has 1 aliphatic heterocycles. The molecule has 5 nitrogen and oxygen atoms in total. The number of aryl methyl sites for hydroxylation is 2. The van der Waals surface area contributed by atoms with Crippen molar-refractivity contribution in [2.45, 2.75) is 46.7 Å². The topological polar surface area (TPSA) is 50.2 Å². The molecule has 2 aromatic rings. The highest BCUT2D eigenvalue weighted by atomic mass is 19.1. The van der Waals surface area contributed by atoms with Gasteiger partial charge in [-0.1, -0.05) is 0 Å². The number of amides is 1. The van der Waals surface area contributed by atoms with Gasteiger partial charge in [0.25, 0.3) is 5.91 Å². The number of halogens is 1. The average molecular weight is 344 g/mol. The van der Waals surface area contributed by atoms with Crippen LogP contribution in [0.3, 0.4) is 0 Å². The molecular weight excluding hydrogens is 319 g/mol. The normalized spacial score (nSPS) is 14.2. The zero-order valence-corrected chi connectivity index (χ0v) is 15.1. The summed E-state index contributed by atoms with van der Waals surface area (Å²) in [5, 5.41) is 7.33. The van der Waals surface area contributed by atoms with E-state index >= 15 is 0 Å². The van der Waals surface area contributed by atoms with Crippen LogP contribution in [-0.4, -0.2) is 28.8 Å². The molecule has 2 heterocycles. The van der Waals surface area contributed by atoms with Crippen molar-refractivity contribution in [3.63, 3.8) is 0 Å². The van der Waals surface area contributed by atoms with Gasteiger partial charge in [-0.15, -0.1) is 0 Å². The Hall–Kier alpha value is -2.37. The molecule has 1 N–H and O–H groups in total. The Bertz CT molecular complexity index is 778. The zero-order valence-electron chi connectivity index (χ0n) is 15.1. The molecule has 1 aromatic heterocycles. The van der Waals surface area contributed by atoms with E-state index in [-0.39, 0.29) is 11.7 Å². The van der Waals surface area contributed by atoms with Crippen molar-refractivity contribution < 1.29 is 9.18 Å². The van der Waals surface area contributed by atoms with Gasteiger partial charge in [-0.05, 0) is 51.8 Å². The summed E-state index contributed by atoms with van der Waals surface area (Å²) in [5.41, 5.74) is 3.92. The lowest BCUT2D eigenvalue weighted by molar-refractivity contribution is 0.0950. The summed E-state index contributed by atoms with van der Waals surface area (Å²) in [6.07, 6.45) is 2.18. The van der Waals surface area contributed by atoms with Gasteiger partial charge in [-0.25, -0.2) is 4.39 Å². The predicted octanol–water partition coefficient (Wildman–Crippen LogP) is 3.19. The number of nitrogens with one attached hydrogen (secondary N) is 1. The monoisotopic (exact) mass is 344 g/mol. The van der Waals surface area contributed by atoms with Crippen LogP contribution in [0.2, 0.25) is 0 Å². The molecule has 6 heteroatoms. The SMILES string of the molecule is CCn1nc(C)c(CNC(=O)c2ccc(N3CCCC3)c(F)c2)c1C. The van der Waals surface area contributed by atoms with Crippen LogP contribution < -0.4 is 10.2 Å². The lowest BCUT2D eigenvalue weighted by atomic mass is 10.1. The van der Waals surface area contributed by atoms with E-state index in [1.165, 1.54) is 6.07 Å². The van der Waals surface area contributed by atoms with Crippen molar-refractivity contribution in [3.05, 3.63) is 46.5 Å². The summed E-state index contributed by atoms with van der Waals surface area (Å²) in [4.78, 5) is 14.4. The smallest absolute Gasteiger partial charge is 0.251 e. The van der Waals surface area contributed by atoms with Crippen LogP contribution in [0.4, 0.5) is 10.1 Å². The molecule has 25 heavy (non-hydrogen) atoms. The lowest BCUT2D eigenvalue weighted by Gasteiger charge is -2.18. The quantitative estimate of drug-likeness (QED) is 0.906. The van der Waals surface area contributed by atoms with E-state index < -0.39 is 0 Å². The molecule has 0 saturated carbocycles. The molecule has 1 fully saturated rings. The van der Waals surface area contributed by atoms with Crippen molar-refractivity contribution in [1.29, 1.82) is 0 Å². The molecule has 0 atom stereocenters. The molecule has 1 saturated heterocycles. The van der Waals surface area contributed by atoms with Crippen molar-refractivity contribution >= 4 is 11.6 Å². The third-order valence-electron chi connectivity index (χ3n) is 4.91. The van der Waals surface area contributed by atoms with E-state index in [0.717, 1.165) is 49.4 Å². The van der Waals surface area contributed by atoms with Gasteiger partial charge < -0.3 is 10.2 Å². The Labute approximate surface area is 147 Å². The summed E-state index contributed by atoms with van der Waals surface area (Å²) in [6.45, 7) is 8.91. The second kappa shape index (κ2) is 7.25. The second-order valence-electron chi connectivity index (χ2n) is 6.51. The molecule has 134 valence electrons. The number of rotatable bonds is 5. The van der Waals surface area contributed by atoms with Crippen LogP contribution in [0.15, 0.2) is 18.2 Å². The number of aromatic nitrogens is 2. The highest BCUT2D eigenvalue weighted by Crippen LogP contribution is 2.24. The third-order valence-corrected chi connectivity index (χ3v) is 4.91. The minimum atomic E-state index is -0.333. The first-order valence-electron chi connectivity index (χ1n) is 8.86. The van der Waals surface area contributed by atoms with Crippen molar-refractivity contribution in [2.24, 2.45) is 0 Å². The Morgan fingerprint density at radius 3 is 2.60 bits per heavy atom. The molecule has 0 spiro atoms. The Morgan fingerprint density at radius 1 is 1.28 bits per heavy atom. The van der Waals surface area contributed by atoms with E-state index in [0.29, 0.717) is 17.8 Å². The van der Waals surface area contributed by atoms with Crippen LogP contribution in [-0.2, 0) is 13.1 Å². The number of carbonyl (C=O) groups is 1. The fourth-order valence-electron chi connectivity index (χ4n) is 3.43. The van der Waals surface area contributed by atoms with E-state index in [4.69, 9.17) is 0 Å². The average Bonchev–Trinajstić information content (AvgIpc) is 3.21. The van der Waals surface area contributed by atoms with Crippen LogP contribution in [0, 0.1) is 19.7 Å². The number of nitrogens with zero attached hydrogens (tertiary/aromatic N) is 3. The molecule has 0 aliphatic carbocycles. The molecular formula is C19H25FN4O. The van der Waals surface area contributed by atoms with Crippen LogP contribution in [0.1, 0.15) is 47.1 Å². The fourth-order valence-corrected chi connectivity index (χ4v) is 3.43. The second-order valence-corrected chi connectivity index (χ2v) is 6.51. The largest absolute Gasteiger partial charge is 0.369 e. The first kappa shape index (κ1) is 17.5. The summed E-state index contributed by atoms with van der Waals surface area (Å²) >= 11 is 0. The zero-order chi connectivity index (χ0) is 18.0. The number of hydrogen-bond donors (Lipinski definition) is 1. The summed E-state index contributed by atoms with van der Waals surface area (Å²) in [6, 6.07) is 4.74. The van der Waals surface area contributed by atoms with Crippen molar-refractivity contribution in [1.82, 2.24) is 15.1 Å². The van der Waals surface area contributed by atoms with Crippen LogP contribution in [0.5, 0.6) is 0 Å². The lowest BCUT2D eigenvalue weighted by Crippen LogP contribution is -2.24. The van der Waals surface area contributed by atoms with E-state index in [9.17, 15) is 9.18 Å². The van der Waals surface area contributed by atoms with Gasteiger partial charge in [0.05, 0.1) is 11.4 Å². The van der Waals surface area contributed by atoms with Crippen LogP contribution >= 0.6 is 0 Å². The molecule has 0 unspecified atom stereocenters. The molecule has 1 aromatic carbocycles. The van der Waals surface area contributed by atoms with E-state index in [1.54, 1.807) is 12.1 Å². The van der Waals surface area contributed by atoms with E-state index in [2.05, 4.69) is 10.4 Å². The number of carbonyl (C=O) groups excluding carboxylic acids is 1. The number of benzene rings is 1. The highest BCUT2D eigenvalue weighted by Gasteiger charge is 2.18. The van der Waals surface area contributed by atoms with Gasteiger partial charge in [0.15, 0.2) is 0 Å². The van der Waals surface area contributed by atoms with Gasteiger partial charge >= 0.3 is 0 Å². The minimum absolute atomic E-state index is 0.269. The third kappa shape index (κ3) is 3.52. The molecule has 0 radical (unpaired) electrons. The van der Waals surface area contributed by atoms with Gasteiger partial charge in [-0.2, -0.15) is 5.10 Å². The first-order valence-corrected chi connectivity index (χ1v) is 8.86. The minimum Gasteiger partial charge on any atom is -0.369 e. The maximum Gasteiger partial charge on any atom is 0.251 e. The summed E-state index contributed by atoms with van der Waals surface area (Å²) in [5.74, 6) is -0.601. The van der Waals surface area contributed by atoms with Gasteiger partial charge in [-0.3, -0.25) is 9.48 Å². The number of hydrogen-bond acceptors (Lipinski definition) is 3. The maximum atomic E-state index is 14.4. The first-order chi connectivity index (χ1) is 12.0. The molecule has 0 bridgehead atoms. The van der Waals surface area contributed by atoms with Gasteiger partial charge in [0, 0.05) is 43.0 Å². The molecule has 1 aliphatic rings. The predicted molar refractivity (Wildman–Crippen MR) is 96.4 cm³/mol. The fraction of sp³-hybridized carbons (Fsp3) is 0.474. The van der Waals surface area contributed by atoms with Crippen LogP contribution in [0.25, 0.3) is 0 Å². The Kier molecular flexibility index (Phi) is 5.06. The Balaban J connectivity index is 1.69. The van der Waals surface area contributed by atoms with Crippen molar-refractivity contribution in [3.8, 4) is 0 Å². The maximum absolute atomic E-state index is 14.4. The molecule has 1 amide bonds. The summed E-state index contributed by atoms with van der Waals surface area (Å²) in [7, 11) is 0. The standard InChI is InChI=1S/C19H25FN4O/c1-4-24-14(3)16(13(2)22-24)12-21-19(25)15-7-8-18(17(20)11-15)23-9-5-6-10-23/h7-8,11H,4-6,9-10,12H2,1-3H3,(H,21,25). The van der Waals surface area contributed by atoms with Crippen molar-refractivity contribution in [2.75, 3.05) is 18.0 Å². The molecule has 3 rings (SSSR count).